The summed E-state index contributed by atoms with van der Waals surface area (Å²) in [7, 11) is -3.87. The summed E-state index contributed by atoms with van der Waals surface area (Å²) in [5.41, 5.74) is 0.776. The van der Waals surface area contributed by atoms with E-state index in [1.807, 2.05) is 0 Å². The highest BCUT2D eigenvalue weighted by atomic mass is 32.2. The number of hydrogen-bond donors (Lipinski definition) is 3. The quantitative estimate of drug-likeness (QED) is 0.551. The third-order valence-electron chi connectivity index (χ3n) is 3.95. The predicted molar refractivity (Wildman–Crippen MR) is 114 cm³/mol. The van der Waals surface area contributed by atoms with E-state index in [1.165, 1.54) is 24.3 Å². The maximum atomic E-state index is 12.4. The van der Waals surface area contributed by atoms with Crippen molar-refractivity contribution < 1.29 is 27.6 Å². The van der Waals surface area contributed by atoms with Crippen molar-refractivity contribution in [3.05, 3.63) is 65.6 Å². The number of carbonyl (C=O) groups is 4. The highest BCUT2D eigenvalue weighted by Crippen LogP contribution is 2.30. The van der Waals surface area contributed by atoms with Crippen LogP contribution in [0.3, 0.4) is 0 Å². The van der Waals surface area contributed by atoms with Crippen molar-refractivity contribution >= 4 is 56.1 Å². The average molecular weight is 460 g/mol. The van der Waals surface area contributed by atoms with Gasteiger partial charge in [0.1, 0.15) is 6.54 Å². The molecule has 10 nitrogen and oxygen atoms in total. The van der Waals surface area contributed by atoms with E-state index in [9.17, 15) is 27.6 Å². The minimum atomic E-state index is -3.87. The molecule has 0 saturated carbocycles. The smallest absolute Gasteiger partial charge is 0.294 e. The predicted octanol–water partition coefficient (Wildman–Crippen LogP) is 1.49. The molecule has 0 aromatic heterocycles. The van der Waals surface area contributed by atoms with Gasteiger partial charge >= 0.3 is 0 Å². The van der Waals surface area contributed by atoms with Crippen LogP contribution in [0.4, 0.5) is 16.2 Å². The summed E-state index contributed by atoms with van der Waals surface area (Å²) in [6, 6.07) is 13.6. The first-order valence-corrected chi connectivity index (χ1v) is 11.0. The molecule has 0 spiro atoms. The van der Waals surface area contributed by atoms with Crippen molar-refractivity contribution in [2.45, 2.75) is 4.90 Å². The van der Waals surface area contributed by atoms with Gasteiger partial charge in [-0.25, -0.2) is 13.6 Å². The Balaban J connectivity index is 1.61. The number of primary sulfonamides is 1. The van der Waals surface area contributed by atoms with Gasteiger partial charge in [-0.1, -0.05) is 18.2 Å². The molecule has 0 atom stereocenters. The van der Waals surface area contributed by atoms with Gasteiger partial charge in [0.05, 0.1) is 9.80 Å². The van der Waals surface area contributed by atoms with Crippen LogP contribution in [0.2, 0.25) is 0 Å². The van der Waals surface area contributed by atoms with Crippen LogP contribution in [0.5, 0.6) is 0 Å². The second-order valence-electron chi connectivity index (χ2n) is 6.24. The SMILES string of the molecule is NS(=O)(=O)c1ccc(NC(=O)CN2C(=O)S/C(=C/C(=O)Nc3ccccc3)C2=O)cc1. The van der Waals surface area contributed by atoms with Crippen LogP contribution in [0.1, 0.15) is 0 Å². The van der Waals surface area contributed by atoms with Crippen molar-refractivity contribution in [1.29, 1.82) is 0 Å². The molecule has 0 unspecified atom stereocenters. The maximum Gasteiger partial charge on any atom is 0.294 e. The Hall–Kier alpha value is -3.48. The van der Waals surface area contributed by atoms with Gasteiger partial charge in [0.25, 0.3) is 11.1 Å². The van der Waals surface area contributed by atoms with Crippen LogP contribution in [-0.2, 0) is 24.4 Å². The lowest BCUT2D eigenvalue weighted by Crippen LogP contribution is -2.36. The molecule has 1 fully saturated rings. The van der Waals surface area contributed by atoms with Crippen LogP contribution >= 0.6 is 11.8 Å². The Kier molecular flexibility index (Phi) is 6.53. The molecule has 160 valence electrons. The summed E-state index contributed by atoms with van der Waals surface area (Å²) in [6.45, 7) is -0.570. The second kappa shape index (κ2) is 9.12. The fourth-order valence-corrected chi connectivity index (χ4v) is 3.85. The highest BCUT2D eigenvalue weighted by Gasteiger charge is 2.36. The van der Waals surface area contributed by atoms with E-state index >= 15 is 0 Å². The first kappa shape index (κ1) is 22.2. The number of nitrogens with zero attached hydrogens (tertiary/aromatic N) is 1. The van der Waals surface area contributed by atoms with E-state index in [0.29, 0.717) is 22.3 Å². The molecule has 3 rings (SSSR count). The van der Waals surface area contributed by atoms with Crippen LogP contribution in [0, 0.1) is 0 Å². The summed E-state index contributed by atoms with van der Waals surface area (Å²) in [5, 5.41) is 9.33. The van der Waals surface area contributed by atoms with Crippen molar-refractivity contribution in [2.24, 2.45) is 5.14 Å². The van der Waals surface area contributed by atoms with Gasteiger partial charge in [-0.15, -0.1) is 0 Å². The number of para-hydroxylation sites is 1. The molecule has 0 radical (unpaired) electrons. The molecule has 4 amide bonds. The molecular formula is C19H16N4O6S2. The number of thioether (sulfide) groups is 1. The number of nitrogens with one attached hydrogen (secondary N) is 2. The van der Waals surface area contributed by atoms with E-state index in [0.717, 1.165) is 6.08 Å². The normalized spacial score (nSPS) is 15.3. The number of hydrogen-bond acceptors (Lipinski definition) is 7. The number of imide groups is 1. The fourth-order valence-electron chi connectivity index (χ4n) is 2.53. The zero-order valence-corrected chi connectivity index (χ0v) is 17.4. The summed E-state index contributed by atoms with van der Waals surface area (Å²) in [5.74, 6) is -2.03. The molecule has 2 aromatic rings. The molecule has 1 aliphatic heterocycles. The summed E-state index contributed by atoms with van der Waals surface area (Å²) >= 11 is 0.551. The lowest BCUT2D eigenvalue weighted by molar-refractivity contribution is -0.127. The first-order valence-electron chi connectivity index (χ1n) is 8.67. The van der Waals surface area contributed by atoms with E-state index in [2.05, 4.69) is 10.6 Å². The third-order valence-corrected chi connectivity index (χ3v) is 5.78. The fraction of sp³-hybridized carbons (Fsp3) is 0.0526. The molecule has 4 N–H and O–H groups in total. The highest BCUT2D eigenvalue weighted by molar-refractivity contribution is 8.18. The van der Waals surface area contributed by atoms with Crippen molar-refractivity contribution in [3.63, 3.8) is 0 Å². The molecule has 0 aliphatic carbocycles. The van der Waals surface area contributed by atoms with Gasteiger partial charge in [-0.3, -0.25) is 24.1 Å². The third kappa shape index (κ3) is 5.78. The number of anilines is 2. The lowest BCUT2D eigenvalue weighted by Gasteiger charge is -2.12. The lowest BCUT2D eigenvalue weighted by atomic mass is 10.3. The van der Waals surface area contributed by atoms with Crippen LogP contribution < -0.4 is 15.8 Å². The monoisotopic (exact) mass is 460 g/mol. The average Bonchev–Trinajstić information content (AvgIpc) is 2.95. The maximum absolute atomic E-state index is 12.4. The molecule has 1 heterocycles. The number of benzene rings is 2. The molecule has 1 saturated heterocycles. The number of rotatable bonds is 6. The van der Waals surface area contributed by atoms with E-state index in [4.69, 9.17) is 5.14 Å². The molecule has 2 aromatic carbocycles. The molecule has 12 heteroatoms. The van der Waals surface area contributed by atoms with Gasteiger partial charge in [0.2, 0.25) is 21.8 Å². The molecule has 0 bridgehead atoms. The Labute approximate surface area is 181 Å². The topological polar surface area (TPSA) is 156 Å². The van der Waals surface area contributed by atoms with Crippen molar-refractivity contribution in [2.75, 3.05) is 17.2 Å². The Morgan fingerprint density at radius 1 is 0.968 bits per heavy atom. The zero-order chi connectivity index (χ0) is 22.6. The number of carbonyl (C=O) groups excluding carboxylic acids is 4. The van der Waals surface area contributed by atoms with Gasteiger partial charge in [0.15, 0.2) is 0 Å². The van der Waals surface area contributed by atoms with Gasteiger partial charge in [0, 0.05) is 17.5 Å². The number of amides is 4. The van der Waals surface area contributed by atoms with Gasteiger partial charge in [-0.2, -0.15) is 0 Å². The molecule has 31 heavy (non-hydrogen) atoms. The second-order valence-corrected chi connectivity index (χ2v) is 8.80. The largest absolute Gasteiger partial charge is 0.325 e. The standard InChI is InChI=1S/C19H16N4O6S2/c20-31(28,29)14-8-6-13(7-9-14)22-17(25)11-23-18(26)15(30-19(23)27)10-16(24)21-12-4-2-1-3-5-12/h1-10H,11H2,(H,21,24)(H,22,25)(H2,20,28,29)/b15-10+. The molecular weight excluding hydrogens is 444 g/mol. The minimum absolute atomic E-state index is 0.108. The summed E-state index contributed by atoms with van der Waals surface area (Å²) in [4.78, 5) is 49.3. The van der Waals surface area contributed by atoms with Crippen molar-refractivity contribution in [1.82, 2.24) is 4.90 Å². The zero-order valence-electron chi connectivity index (χ0n) is 15.8. The number of sulfonamides is 1. The Bertz CT molecular complexity index is 1180. The van der Waals surface area contributed by atoms with Gasteiger partial charge in [-0.05, 0) is 48.2 Å². The van der Waals surface area contributed by atoms with E-state index < -0.39 is 39.5 Å². The van der Waals surface area contributed by atoms with Crippen LogP contribution in [-0.4, -0.2) is 42.8 Å². The molecule has 1 aliphatic rings. The van der Waals surface area contributed by atoms with E-state index in [1.54, 1.807) is 30.3 Å². The summed E-state index contributed by atoms with van der Waals surface area (Å²) in [6.07, 6.45) is 1.00. The first-order chi connectivity index (χ1) is 14.6. The van der Waals surface area contributed by atoms with Crippen LogP contribution in [0.15, 0.2) is 70.5 Å². The Morgan fingerprint density at radius 3 is 2.19 bits per heavy atom. The summed E-state index contributed by atoms with van der Waals surface area (Å²) < 4.78 is 22.5. The van der Waals surface area contributed by atoms with E-state index in [-0.39, 0.29) is 15.5 Å². The van der Waals surface area contributed by atoms with Crippen LogP contribution in [0.25, 0.3) is 0 Å². The van der Waals surface area contributed by atoms with Crippen molar-refractivity contribution in [3.8, 4) is 0 Å². The van der Waals surface area contributed by atoms with Gasteiger partial charge < -0.3 is 10.6 Å². The number of nitrogens with two attached hydrogens (primary N) is 1. The minimum Gasteiger partial charge on any atom is -0.325 e. The Morgan fingerprint density at radius 2 is 1.58 bits per heavy atom.